The molecule has 0 aliphatic heterocycles. The lowest BCUT2D eigenvalue weighted by Crippen LogP contribution is -2.28. The van der Waals surface area contributed by atoms with Gasteiger partial charge in [0.2, 0.25) is 5.88 Å². The normalized spacial score (nSPS) is 25.4. The average molecular weight is 220 g/mol. The number of aromatic nitrogens is 1. The number of pyridine rings is 1. The Bertz CT molecular complexity index is 365. The zero-order valence-electron chi connectivity index (χ0n) is 10.1. The third-order valence-corrected chi connectivity index (χ3v) is 3.42. The lowest BCUT2D eigenvalue weighted by Gasteiger charge is -2.28. The van der Waals surface area contributed by atoms with Crippen molar-refractivity contribution in [2.24, 2.45) is 5.92 Å². The highest BCUT2D eigenvalue weighted by atomic mass is 16.5. The number of nitrogen functional groups attached to an aromatic ring is 1. The number of hydrogen-bond donors (Lipinski definition) is 1. The van der Waals surface area contributed by atoms with E-state index in [4.69, 9.17) is 10.5 Å². The Hall–Kier alpha value is -1.25. The van der Waals surface area contributed by atoms with Gasteiger partial charge in [-0.05, 0) is 37.7 Å². The molecule has 1 fully saturated rings. The van der Waals surface area contributed by atoms with Crippen LogP contribution >= 0.6 is 0 Å². The highest BCUT2D eigenvalue weighted by molar-refractivity contribution is 5.47. The molecular weight excluding hydrogens is 200 g/mol. The topological polar surface area (TPSA) is 48.1 Å². The quantitative estimate of drug-likeness (QED) is 0.833. The average Bonchev–Trinajstić information content (AvgIpc) is 2.27. The van der Waals surface area contributed by atoms with Crippen LogP contribution in [0.1, 0.15) is 38.2 Å². The molecule has 1 aromatic heterocycles. The van der Waals surface area contributed by atoms with Crippen LogP contribution in [0.3, 0.4) is 0 Å². The summed E-state index contributed by atoms with van der Waals surface area (Å²) in [5, 5.41) is 0. The van der Waals surface area contributed by atoms with Gasteiger partial charge in [0.05, 0.1) is 0 Å². The maximum absolute atomic E-state index is 5.91. The summed E-state index contributed by atoms with van der Waals surface area (Å²) in [5.74, 6) is 1.29. The molecule has 16 heavy (non-hydrogen) atoms. The first-order valence-electron chi connectivity index (χ1n) is 6.05. The molecule has 88 valence electrons. The van der Waals surface area contributed by atoms with E-state index in [1.807, 2.05) is 13.0 Å². The van der Waals surface area contributed by atoms with Crippen molar-refractivity contribution in [1.29, 1.82) is 0 Å². The van der Waals surface area contributed by atoms with Crippen molar-refractivity contribution in [2.45, 2.75) is 45.6 Å². The van der Waals surface area contributed by atoms with Gasteiger partial charge >= 0.3 is 0 Å². The first-order valence-corrected chi connectivity index (χ1v) is 6.05. The Labute approximate surface area is 97.0 Å². The molecule has 0 aromatic carbocycles. The predicted octanol–water partition coefficient (Wildman–Crippen LogP) is 2.93. The van der Waals surface area contributed by atoms with Crippen LogP contribution in [0.5, 0.6) is 5.88 Å². The molecule has 1 aromatic rings. The predicted molar refractivity (Wildman–Crippen MR) is 65.4 cm³/mol. The van der Waals surface area contributed by atoms with Crippen molar-refractivity contribution in [2.75, 3.05) is 5.73 Å². The van der Waals surface area contributed by atoms with Crippen LogP contribution in [0.4, 0.5) is 5.69 Å². The van der Waals surface area contributed by atoms with Crippen molar-refractivity contribution in [3.63, 3.8) is 0 Å². The second-order valence-electron chi connectivity index (χ2n) is 4.80. The lowest BCUT2D eigenvalue weighted by molar-refractivity contribution is 0.0976. The maximum Gasteiger partial charge on any atom is 0.215 e. The first-order chi connectivity index (χ1) is 7.66. The van der Waals surface area contributed by atoms with Crippen LogP contribution in [0.15, 0.2) is 12.3 Å². The molecule has 2 N–H and O–H groups in total. The second-order valence-corrected chi connectivity index (χ2v) is 4.80. The zero-order valence-corrected chi connectivity index (χ0v) is 10.1. The molecule has 1 heterocycles. The summed E-state index contributed by atoms with van der Waals surface area (Å²) < 4.78 is 5.91. The number of nitrogens with two attached hydrogens (primary N) is 1. The molecule has 0 spiro atoms. The van der Waals surface area contributed by atoms with Crippen LogP contribution in [0, 0.1) is 12.8 Å². The molecule has 0 bridgehead atoms. The molecule has 1 saturated carbocycles. The number of aryl methyl sites for hydroxylation is 1. The summed E-state index contributed by atoms with van der Waals surface area (Å²) in [5.41, 5.74) is 7.60. The minimum Gasteiger partial charge on any atom is -0.474 e. The van der Waals surface area contributed by atoms with Crippen molar-refractivity contribution in [3.05, 3.63) is 17.8 Å². The van der Waals surface area contributed by atoms with E-state index in [0.29, 0.717) is 17.9 Å². The van der Waals surface area contributed by atoms with Gasteiger partial charge in [-0.15, -0.1) is 0 Å². The van der Waals surface area contributed by atoms with Gasteiger partial charge in [-0.1, -0.05) is 13.3 Å². The largest absolute Gasteiger partial charge is 0.474 e. The van der Waals surface area contributed by atoms with Crippen LogP contribution in [0.25, 0.3) is 0 Å². The number of ether oxygens (including phenoxy) is 1. The summed E-state index contributed by atoms with van der Waals surface area (Å²) in [7, 11) is 0. The Morgan fingerprint density at radius 1 is 1.38 bits per heavy atom. The molecule has 1 aliphatic carbocycles. The fourth-order valence-corrected chi connectivity index (χ4v) is 2.20. The van der Waals surface area contributed by atoms with Crippen molar-refractivity contribution < 1.29 is 4.74 Å². The van der Waals surface area contributed by atoms with Gasteiger partial charge in [-0.2, -0.15) is 0 Å². The van der Waals surface area contributed by atoms with E-state index in [1.54, 1.807) is 6.20 Å². The third-order valence-electron chi connectivity index (χ3n) is 3.42. The van der Waals surface area contributed by atoms with Crippen molar-refractivity contribution in [3.8, 4) is 5.88 Å². The smallest absolute Gasteiger partial charge is 0.215 e. The molecule has 0 amide bonds. The minimum absolute atomic E-state index is 0.309. The highest BCUT2D eigenvalue weighted by Gasteiger charge is 2.23. The Morgan fingerprint density at radius 2 is 2.12 bits per heavy atom. The van der Waals surface area contributed by atoms with E-state index in [1.165, 1.54) is 19.3 Å². The van der Waals surface area contributed by atoms with E-state index in [0.717, 1.165) is 17.7 Å². The standard InChI is InChI=1S/C13H20N2O/c1-9-5-3-4-6-12(9)16-13-7-11(14)10(2)8-15-13/h7-9,12H,3-6H2,1-2H3,(H2,14,15). The number of hydrogen-bond acceptors (Lipinski definition) is 3. The van der Waals surface area contributed by atoms with Gasteiger partial charge in [-0.25, -0.2) is 4.98 Å². The van der Waals surface area contributed by atoms with Gasteiger partial charge in [0.1, 0.15) is 6.10 Å². The molecular formula is C13H20N2O. The summed E-state index contributed by atoms with van der Waals surface area (Å²) in [6.07, 6.45) is 7.06. The van der Waals surface area contributed by atoms with E-state index < -0.39 is 0 Å². The highest BCUT2D eigenvalue weighted by Crippen LogP contribution is 2.28. The molecule has 2 atom stereocenters. The van der Waals surface area contributed by atoms with Gasteiger partial charge in [-0.3, -0.25) is 0 Å². The van der Waals surface area contributed by atoms with Crippen LogP contribution in [-0.2, 0) is 0 Å². The maximum atomic E-state index is 5.91. The molecule has 3 heteroatoms. The Morgan fingerprint density at radius 3 is 2.81 bits per heavy atom. The molecule has 0 saturated heterocycles. The fourth-order valence-electron chi connectivity index (χ4n) is 2.20. The second kappa shape index (κ2) is 4.73. The van der Waals surface area contributed by atoms with Crippen molar-refractivity contribution in [1.82, 2.24) is 4.98 Å². The molecule has 2 unspecified atom stereocenters. The first kappa shape index (κ1) is 11.2. The minimum atomic E-state index is 0.309. The summed E-state index contributed by atoms with van der Waals surface area (Å²) in [6, 6.07) is 1.83. The number of anilines is 1. The Balaban J connectivity index is 2.05. The molecule has 2 rings (SSSR count). The monoisotopic (exact) mass is 220 g/mol. The number of nitrogens with zero attached hydrogens (tertiary/aromatic N) is 1. The van der Waals surface area contributed by atoms with Gasteiger partial charge in [0.25, 0.3) is 0 Å². The van der Waals surface area contributed by atoms with E-state index in [2.05, 4.69) is 11.9 Å². The Kier molecular flexibility index (Phi) is 3.32. The van der Waals surface area contributed by atoms with E-state index in [9.17, 15) is 0 Å². The summed E-state index contributed by atoms with van der Waals surface area (Å²) in [4.78, 5) is 4.27. The van der Waals surface area contributed by atoms with Gasteiger partial charge in [0, 0.05) is 18.0 Å². The fraction of sp³-hybridized carbons (Fsp3) is 0.615. The SMILES string of the molecule is Cc1cnc(OC2CCCCC2C)cc1N. The van der Waals surface area contributed by atoms with Gasteiger partial charge in [0.15, 0.2) is 0 Å². The number of rotatable bonds is 2. The zero-order chi connectivity index (χ0) is 11.5. The molecule has 0 radical (unpaired) electrons. The summed E-state index contributed by atoms with van der Waals surface area (Å²) >= 11 is 0. The van der Waals surface area contributed by atoms with E-state index in [-0.39, 0.29) is 0 Å². The molecule has 3 nitrogen and oxygen atoms in total. The lowest BCUT2D eigenvalue weighted by atomic mass is 9.88. The van der Waals surface area contributed by atoms with Gasteiger partial charge < -0.3 is 10.5 Å². The van der Waals surface area contributed by atoms with Crippen LogP contribution < -0.4 is 10.5 Å². The molecule has 1 aliphatic rings. The third kappa shape index (κ3) is 2.46. The van der Waals surface area contributed by atoms with Crippen molar-refractivity contribution >= 4 is 5.69 Å². The van der Waals surface area contributed by atoms with Crippen LogP contribution in [-0.4, -0.2) is 11.1 Å². The summed E-state index contributed by atoms with van der Waals surface area (Å²) in [6.45, 7) is 4.21. The van der Waals surface area contributed by atoms with Crippen LogP contribution in [0.2, 0.25) is 0 Å². The van der Waals surface area contributed by atoms with E-state index >= 15 is 0 Å².